The van der Waals surface area contributed by atoms with E-state index >= 15 is 0 Å². The second-order valence-corrected chi connectivity index (χ2v) is 9.88. The lowest BCUT2D eigenvalue weighted by molar-refractivity contribution is -0.116. The van der Waals surface area contributed by atoms with Crippen molar-refractivity contribution in [2.45, 2.75) is 11.4 Å². The van der Waals surface area contributed by atoms with Crippen LogP contribution >= 0.6 is 11.3 Å². The Balaban J connectivity index is 1.67. The summed E-state index contributed by atoms with van der Waals surface area (Å²) in [5.74, 6) is -1.30. The molecule has 0 spiro atoms. The number of fused-ring (bicyclic) bond motifs is 1. The Labute approximate surface area is 188 Å². The quantitative estimate of drug-likeness (QED) is 0.407. The summed E-state index contributed by atoms with van der Waals surface area (Å²) >= 11 is 1.12. The van der Waals surface area contributed by atoms with Crippen LogP contribution in [0.15, 0.2) is 71.9 Å². The van der Waals surface area contributed by atoms with Crippen LogP contribution in [-0.4, -0.2) is 37.2 Å². The summed E-state index contributed by atoms with van der Waals surface area (Å²) < 4.78 is 45.0. The number of thiazole rings is 1. The topological polar surface area (TPSA) is 89.5 Å². The van der Waals surface area contributed by atoms with Gasteiger partial charge in [0.25, 0.3) is 0 Å². The molecule has 0 saturated carbocycles. The first-order valence-corrected chi connectivity index (χ1v) is 11.9. The Morgan fingerprint density at radius 2 is 1.94 bits per heavy atom. The highest BCUT2D eigenvalue weighted by atomic mass is 32.2. The van der Waals surface area contributed by atoms with Crippen molar-refractivity contribution in [3.05, 3.63) is 78.4 Å². The fourth-order valence-electron chi connectivity index (χ4n) is 3.05. The molecule has 164 valence electrons. The van der Waals surface area contributed by atoms with Gasteiger partial charge in [0, 0.05) is 12.4 Å². The molecule has 32 heavy (non-hydrogen) atoms. The Kier molecular flexibility index (Phi) is 6.15. The third-order valence-electron chi connectivity index (χ3n) is 4.67. The van der Waals surface area contributed by atoms with E-state index in [-0.39, 0.29) is 16.6 Å². The third kappa shape index (κ3) is 4.76. The van der Waals surface area contributed by atoms with Crippen molar-refractivity contribution in [2.75, 3.05) is 17.8 Å². The van der Waals surface area contributed by atoms with Gasteiger partial charge in [0.15, 0.2) is 15.0 Å². The van der Waals surface area contributed by atoms with E-state index in [0.717, 1.165) is 11.3 Å². The van der Waals surface area contributed by atoms with Crippen molar-refractivity contribution in [2.24, 2.45) is 0 Å². The second kappa shape index (κ2) is 9.01. The highest BCUT2D eigenvalue weighted by Gasteiger charge is 2.27. The number of pyridine rings is 1. The minimum Gasteiger partial charge on any atom is -0.497 e. The number of nitrogens with zero attached hydrogens (tertiary/aromatic N) is 3. The predicted molar refractivity (Wildman–Crippen MR) is 120 cm³/mol. The lowest BCUT2D eigenvalue weighted by atomic mass is 10.2. The van der Waals surface area contributed by atoms with Crippen LogP contribution in [0.25, 0.3) is 10.2 Å². The zero-order valence-electron chi connectivity index (χ0n) is 16.9. The van der Waals surface area contributed by atoms with E-state index in [1.165, 1.54) is 54.5 Å². The van der Waals surface area contributed by atoms with E-state index in [9.17, 15) is 17.6 Å². The molecular weight excluding hydrogens is 453 g/mol. The normalized spacial score (nSPS) is 11.4. The minimum absolute atomic E-state index is 0.0133. The van der Waals surface area contributed by atoms with Gasteiger partial charge in [0.2, 0.25) is 5.91 Å². The van der Waals surface area contributed by atoms with Crippen molar-refractivity contribution < 1.29 is 22.3 Å². The molecule has 0 radical (unpaired) electrons. The van der Waals surface area contributed by atoms with Gasteiger partial charge in [-0.25, -0.2) is 17.8 Å². The first-order valence-electron chi connectivity index (χ1n) is 9.48. The van der Waals surface area contributed by atoms with Crippen LogP contribution in [0.1, 0.15) is 5.56 Å². The number of benzene rings is 2. The van der Waals surface area contributed by atoms with Gasteiger partial charge in [-0.2, -0.15) is 0 Å². The molecule has 7 nitrogen and oxygen atoms in total. The summed E-state index contributed by atoms with van der Waals surface area (Å²) in [6, 6.07) is 13.5. The zero-order chi connectivity index (χ0) is 22.7. The number of rotatable bonds is 7. The number of aromatic nitrogens is 2. The van der Waals surface area contributed by atoms with Crippen LogP contribution in [0.3, 0.4) is 0 Å². The van der Waals surface area contributed by atoms with Crippen LogP contribution in [0.4, 0.5) is 9.52 Å². The van der Waals surface area contributed by atoms with Crippen molar-refractivity contribution >= 4 is 42.4 Å². The minimum atomic E-state index is -3.91. The molecule has 0 N–H and O–H groups in total. The average Bonchev–Trinajstić information content (AvgIpc) is 3.20. The van der Waals surface area contributed by atoms with Crippen molar-refractivity contribution in [1.29, 1.82) is 0 Å². The van der Waals surface area contributed by atoms with Gasteiger partial charge >= 0.3 is 0 Å². The number of sulfone groups is 1. The highest BCUT2D eigenvalue weighted by Crippen LogP contribution is 2.31. The number of amides is 1. The van der Waals surface area contributed by atoms with Crippen LogP contribution in [0.5, 0.6) is 5.75 Å². The van der Waals surface area contributed by atoms with E-state index in [0.29, 0.717) is 21.5 Å². The molecule has 2 heterocycles. The maximum absolute atomic E-state index is 13.6. The van der Waals surface area contributed by atoms with Crippen LogP contribution in [0.2, 0.25) is 0 Å². The van der Waals surface area contributed by atoms with Crippen molar-refractivity contribution in [1.82, 2.24) is 9.97 Å². The summed E-state index contributed by atoms with van der Waals surface area (Å²) in [5, 5.41) is 0.282. The monoisotopic (exact) mass is 471 g/mol. The molecule has 10 heteroatoms. The van der Waals surface area contributed by atoms with Gasteiger partial charge in [-0.15, -0.1) is 0 Å². The first kappa shape index (κ1) is 21.8. The Morgan fingerprint density at radius 3 is 2.62 bits per heavy atom. The predicted octanol–water partition coefficient (Wildman–Crippen LogP) is 3.85. The van der Waals surface area contributed by atoms with Gasteiger partial charge in [-0.3, -0.25) is 14.7 Å². The van der Waals surface area contributed by atoms with E-state index in [4.69, 9.17) is 4.74 Å². The van der Waals surface area contributed by atoms with E-state index in [1.807, 2.05) is 0 Å². The maximum Gasteiger partial charge on any atom is 0.244 e. The molecule has 0 bridgehead atoms. The standard InChI is InChI=1S/C22H18FN3O4S2/c1-30-17-5-7-18(8-6-17)32(28,29)14-21(27)26(13-15-3-2-10-24-12-15)22-25-19-9-4-16(23)11-20(19)31-22/h2-12H,13-14H2,1H3. The number of methoxy groups -OCH3 is 1. The second-order valence-electron chi connectivity index (χ2n) is 6.88. The highest BCUT2D eigenvalue weighted by molar-refractivity contribution is 7.92. The summed E-state index contributed by atoms with van der Waals surface area (Å²) in [6.07, 6.45) is 3.19. The zero-order valence-corrected chi connectivity index (χ0v) is 18.6. The van der Waals surface area contributed by atoms with E-state index in [1.54, 1.807) is 24.5 Å². The molecular formula is C22H18FN3O4S2. The third-order valence-corrected chi connectivity index (χ3v) is 7.33. The largest absolute Gasteiger partial charge is 0.497 e. The Morgan fingerprint density at radius 1 is 1.16 bits per heavy atom. The number of carbonyl (C=O) groups is 1. The summed E-state index contributed by atoms with van der Waals surface area (Å²) in [6.45, 7) is 0.0765. The molecule has 4 rings (SSSR count). The number of carbonyl (C=O) groups excluding carboxylic acids is 1. The van der Waals surface area contributed by atoms with Gasteiger partial charge < -0.3 is 4.74 Å². The SMILES string of the molecule is COc1ccc(S(=O)(=O)CC(=O)N(Cc2cccnc2)c2nc3ccc(F)cc3s2)cc1. The lowest BCUT2D eigenvalue weighted by Gasteiger charge is -2.20. The molecule has 4 aromatic rings. The molecule has 0 fully saturated rings. The first-order chi connectivity index (χ1) is 15.4. The number of anilines is 1. The fourth-order valence-corrected chi connectivity index (χ4v) is 5.25. The summed E-state index contributed by atoms with van der Waals surface area (Å²) in [7, 11) is -2.43. The fraction of sp³-hybridized carbons (Fsp3) is 0.136. The number of halogens is 1. The summed E-state index contributed by atoms with van der Waals surface area (Å²) in [4.78, 5) is 23.0. The molecule has 0 aliphatic heterocycles. The van der Waals surface area contributed by atoms with Crippen LogP contribution < -0.4 is 9.64 Å². The number of hydrogen-bond donors (Lipinski definition) is 0. The van der Waals surface area contributed by atoms with Crippen LogP contribution in [0, 0.1) is 5.82 Å². The van der Waals surface area contributed by atoms with Gasteiger partial charge in [0.05, 0.1) is 28.8 Å². The lowest BCUT2D eigenvalue weighted by Crippen LogP contribution is -2.35. The smallest absolute Gasteiger partial charge is 0.244 e. The number of ether oxygens (including phenoxy) is 1. The molecule has 0 aliphatic rings. The Hall–Kier alpha value is -3.37. The molecule has 1 amide bonds. The number of hydrogen-bond acceptors (Lipinski definition) is 7. The van der Waals surface area contributed by atoms with Crippen molar-refractivity contribution in [3.63, 3.8) is 0 Å². The van der Waals surface area contributed by atoms with E-state index < -0.39 is 27.3 Å². The molecule has 0 unspecified atom stereocenters. The maximum atomic E-state index is 13.6. The molecule has 0 atom stereocenters. The van der Waals surface area contributed by atoms with Crippen molar-refractivity contribution in [3.8, 4) is 5.75 Å². The molecule has 0 aliphatic carbocycles. The Bertz CT molecular complexity index is 1360. The molecule has 0 saturated heterocycles. The average molecular weight is 472 g/mol. The summed E-state index contributed by atoms with van der Waals surface area (Å²) in [5.41, 5.74) is 1.22. The molecule has 2 aromatic heterocycles. The van der Waals surface area contributed by atoms with E-state index in [2.05, 4.69) is 9.97 Å². The van der Waals surface area contributed by atoms with Crippen LogP contribution in [-0.2, 0) is 21.2 Å². The van der Waals surface area contributed by atoms with Gasteiger partial charge in [-0.1, -0.05) is 17.4 Å². The molecule has 2 aromatic carbocycles. The van der Waals surface area contributed by atoms with Gasteiger partial charge in [-0.05, 0) is 54.1 Å². The van der Waals surface area contributed by atoms with Gasteiger partial charge in [0.1, 0.15) is 17.3 Å².